The van der Waals surface area contributed by atoms with Gasteiger partial charge < -0.3 is 9.15 Å². The van der Waals surface area contributed by atoms with Gasteiger partial charge in [-0.25, -0.2) is 9.80 Å². The number of benzene rings is 2. The molecule has 33 heavy (non-hydrogen) atoms. The van der Waals surface area contributed by atoms with Gasteiger partial charge in [-0.05, 0) is 61.5 Å². The number of esters is 1. The summed E-state index contributed by atoms with van der Waals surface area (Å²) in [6.07, 6.45) is 1.32. The highest BCUT2D eigenvalue weighted by Gasteiger charge is 2.34. The molecule has 1 N–H and O–H groups in total. The highest BCUT2D eigenvalue weighted by Crippen LogP contribution is 2.27. The monoisotopic (exact) mass is 447 g/mol. The minimum atomic E-state index is -0.609. The van der Waals surface area contributed by atoms with Gasteiger partial charge in [0.25, 0.3) is 17.5 Å². The van der Waals surface area contributed by atoms with Crippen molar-refractivity contribution in [3.05, 3.63) is 87.7 Å². The molecule has 1 aromatic heterocycles. The highest BCUT2D eigenvalue weighted by atomic mass is 16.6. The van der Waals surface area contributed by atoms with Gasteiger partial charge in [0, 0.05) is 17.7 Å². The van der Waals surface area contributed by atoms with Gasteiger partial charge in [-0.1, -0.05) is 0 Å². The summed E-state index contributed by atoms with van der Waals surface area (Å²) >= 11 is 0. The van der Waals surface area contributed by atoms with E-state index < -0.39 is 22.7 Å². The molecule has 2 heterocycles. The van der Waals surface area contributed by atoms with Crippen molar-refractivity contribution < 1.29 is 28.5 Å². The van der Waals surface area contributed by atoms with Gasteiger partial charge in [-0.15, -0.1) is 0 Å². The van der Waals surface area contributed by atoms with E-state index in [2.05, 4.69) is 5.43 Å². The molecule has 10 nitrogen and oxygen atoms in total. The largest absolute Gasteiger partial charge is 0.462 e. The fraction of sp³-hybridized carbons (Fsp3) is 0.0870. The number of rotatable bonds is 6. The lowest BCUT2D eigenvalue weighted by Crippen LogP contribution is -2.35. The second kappa shape index (κ2) is 8.79. The number of nitrogens with one attached hydrogen (secondary N) is 1. The molecule has 0 unspecified atom stereocenters. The van der Waals surface area contributed by atoms with E-state index in [4.69, 9.17) is 9.15 Å². The first-order valence-corrected chi connectivity index (χ1v) is 9.86. The van der Waals surface area contributed by atoms with Crippen molar-refractivity contribution in [1.82, 2.24) is 5.43 Å². The van der Waals surface area contributed by atoms with Gasteiger partial charge in [0.05, 0.1) is 22.8 Å². The molecular weight excluding hydrogens is 430 g/mol. The second-order valence-electron chi connectivity index (χ2n) is 6.91. The Hall–Kier alpha value is -4.73. The van der Waals surface area contributed by atoms with E-state index in [0.717, 1.165) is 5.01 Å². The molecule has 0 aliphatic carbocycles. The fourth-order valence-electron chi connectivity index (χ4n) is 3.18. The van der Waals surface area contributed by atoms with Crippen molar-refractivity contribution in [3.63, 3.8) is 0 Å². The van der Waals surface area contributed by atoms with Gasteiger partial charge in [0.1, 0.15) is 17.1 Å². The van der Waals surface area contributed by atoms with Crippen molar-refractivity contribution in [2.75, 3.05) is 11.6 Å². The molecule has 2 amide bonds. The summed E-state index contributed by atoms with van der Waals surface area (Å²) < 4.78 is 10.6. The Morgan fingerprint density at radius 2 is 1.79 bits per heavy atom. The van der Waals surface area contributed by atoms with Crippen molar-refractivity contribution in [2.45, 2.75) is 6.92 Å². The van der Waals surface area contributed by atoms with Crippen LogP contribution in [0.1, 0.15) is 23.0 Å². The Labute approximate surface area is 187 Å². The number of hydrogen-bond acceptors (Lipinski definition) is 7. The quantitative estimate of drug-likeness (QED) is 0.201. The van der Waals surface area contributed by atoms with E-state index in [1.165, 1.54) is 42.5 Å². The van der Waals surface area contributed by atoms with Crippen LogP contribution >= 0.6 is 0 Å². The third-order valence-electron chi connectivity index (χ3n) is 4.80. The molecule has 0 saturated carbocycles. The van der Waals surface area contributed by atoms with E-state index in [9.17, 15) is 24.5 Å². The zero-order valence-corrected chi connectivity index (χ0v) is 17.3. The summed E-state index contributed by atoms with van der Waals surface area (Å²) in [5, 5.41) is 11.9. The highest BCUT2D eigenvalue weighted by molar-refractivity contribution is 6.31. The smallest absolute Gasteiger partial charge is 0.338 e. The van der Waals surface area contributed by atoms with E-state index in [0.29, 0.717) is 22.6 Å². The average Bonchev–Trinajstić information content (AvgIpc) is 3.40. The maximum absolute atomic E-state index is 12.8. The van der Waals surface area contributed by atoms with Gasteiger partial charge in [-0.3, -0.25) is 25.1 Å². The van der Waals surface area contributed by atoms with Crippen molar-refractivity contribution in [3.8, 4) is 11.3 Å². The van der Waals surface area contributed by atoms with Gasteiger partial charge >= 0.3 is 5.97 Å². The third kappa shape index (κ3) is 4.35. The number of nitrogens with zero attached hydrogens (tertiary/aromatic N) is 2. The number of nitro benzene ring substituents is 1. The molecule has 0 bridgehead atoms. The number of anilines is 1. The average molecular weight is 447 g/mol. The molecule has 1 saturated heterocycles. The van der Waals surface area contributed by atoms with E-state index >= 15 is 0 Å². The molecule has 1 fully saturated rings. The standard InChI is InChI=1S/C23H17N3O7/c1-2-32-23(29)15-5-7-16(8-6-15)25-22(28)19(21(27)24-25)13-18-11-12-20(33-18)14-3-9-17(10-4-14)26(30)31/h3-13H,2H2,1H3,(H,24,27). The number of carbonyl (C=O) groups is 3. The Morgan fingerprint density at radius 3 is 2.42 bits per heavy atom. The molecule has 4 rings (SSSR count). The summed E-state index contributed by atoms with van der Waals surface area (Å²) in [5.41, 5.74) is 3.60. The number of nitro groups is 1. The summed E-state index contributed by atoms with van der Waals surface area (Å²) in [6.45, 7) is 1.94. The van der Waals surface area contributed by atoms with Gasteiger partial charge in [0.2, 0.25) is 0 Å². The van der Waals surface area contributed by atoms with E-state index in [1.54, 1.807) is 31.2 Å². The van der Waals surface area contributed by atoms with Crippen LogP contribution in [0.3, 0.4) is 0 Å². The van der Waals surface area contributed by atoms with Crippen LogP contribution in [-0.4, -0.2) is 29.3 Å². The maximum Gasteiger partial charge on any atom is 0.338 e. The lowest BCUT2D eigenvalue weighted by atomic mass is 10.1. The number of hydrazine groups is 1. The second-order valence-corrected chi connectivity index (χ2v) is 6.91. The zero-order chi connectivity index (χ0) is 23.5. The van der Waals surface area contributed by atoms with Crippen molar-refractivity contribution >= 4 is 35.2 Å². The molecule has 1 aliphatic heterocycles. The summed E-state index contributed by atoms with van der Waals surface area (Å²) in [7, 11) is 0. The Balaban J connectivity index is 1.53. The molecule has 166 valence electrons. The van der Waals surface area contributed by atoms with Crippen molar-refractivity contribution in [1.29, 1.82) is 0 Å². The first-order chi connectivity index (χ1) is 15.9. The van der Waals surface area contributed by atoms with Crippen LogP contribution in [0.15, 0.2) is 70.7 Å². The molecule has 0 radical (unpaired) electrons. The predicted octanol–water partition coefficient (Wildman–Crippen LogP) is 3.49. The molecule has 3 aromatic rings. The molecular formula is C23H17N3O7. The van der Waals surface area contributed by atoms with E-state index in [-0.39, 0.29) is 23.6 Å². The number of carbonyl (C=O) groups excluding carboxylic acids is 3. The summed E-state index contributed by atoms with van der Waals surface area (Å²) in [5.74, 6) is -0.988. The molecule has 0 atom stereocenters. The van der Waals surface area contributed by atoms with Crippen LogP contribution in [0.2, 0.25) is 0 Å². The number of hydrogen-bond donors (Lipinski definition) is 1. The minimum absolute atomic E-state index is 0.0451. The number of amides is 2. The fourth-order valence-corrected chi connectivity index (χ4v) is 3.18. The van der Waals surface area contributed by atoms with E-state index in [1.807, 2.05) is 0 Å². The number of furan rings is 1. The first kappa shape index (κ1) is 21.5. The zero-order valence-electron chi connectivity index (χ0n) is 17.3. The molecule has 0 spiro atoms. The number of ether oxygens (including phenoxy) is 1. The minimum Gasteiger partial charge on any atom is -0.462 e. The summed E-state index contributed by atoms with van der Waals surface area (Å²) in [6, 6.07) is 15.1. The van der Waals surface area contributed by atoms with Crippen LogP contribution in [0.4, 0.5) is 11.4 Å². The van der Waals surface area contributed by atoms with Crippen LogP contribution in [0.5, 0.6) is 0 Å². The topological polar surface area (TPSA) is 132 Å². The summed E-state index contributed by atoms with van der Waals surface area (Å²) in [4.78, 5) is 47.3. The van der Waals surface area contributed by atoms with Gasteiger partial charge in [-0.2, -0.15) is 0 Å². The lowest BCUT2D eigenvalue weighted by molar-refractivity contribution is -0.384. The van der Waals surface area contributed by atoms with Crippen LogP contribution < -0.4 is 10.4 Å². The Bertz CT molecular complexity index is 1270. The normalized spacial score (nSPS) is 14.5. The maximum atomic E-state index is 12.8. The molecule has 2 aromatic carbocycles. The van der Waals surface area contributed by atoms with Crippen LogP contribution in [0.25, 0.3) is 17.4 Å². The first-order valence-electron chi connectivity index (χ1n) is 9.86. The Morgan fingerprint density at radius 1 is 1.09 bits per heavy atom. The van der Waals surface area contributed by atoms with Crippen molar-refractivity contribution in [2.24, 2.45) is 0 Å². The predicted molar refractivity (Wildman–Crippen MR) is 117 cm³/mol. The third-order valence-corrected chi connectivity index (χ3v) is 4.80. The molecule has 10 heteroatoms. The van der Waals surface area contributed by atoms with Crippen LogP contribution in [-0.2, 0) is 14.3 Å². The Kier molecular flexibility index (Phi) is 5.73. The number of non-ortho nitro benzene ring substituents is 1. The molecule has 1 aliphatic rings. The van der Waals surface area contributed by atoms with Gasteiger partial charge in [0.15, 0.2) is 0 Å². The van der Waals surface area contributed by atoms with Crippen LogP contribution in [0, 0.1) is 10.1 Å². The SMILES string of the molecule is CCOC(=O)c1ccc(N2NC(=O)C(=Cc3ccc(-c4ccc([N+](=O)[O-])cc4)o3)C2=O)cc1. The lowest BCUT2D eigenvalue weighted by Gasteiger charge is -2.14.